The summed E-state index contributed by atoms with van der Waals surface area (Å²) in [6, 6.07) is 5.95. The molecule has 1 aromatic rings. The molecule has 0 atom stereocenters. The predicted molar refractivity (Wildman–Crippen MR) is 58.2 cm³/mol. The summed E-state index contributed by atoms with van der Waals surface area (Å²) in [7, 11) is 0. The average molecular weight is 194 g/mol. The molecule has 1 N–H and O–H groups in total. The summed E-state index contributed by atoms with van der Waals surface area (Å²) in [4.78, 5) is 0. The van der Waals surface area contributed by atoms with Crippen LogP contribution >= 0.6 is 11.6 Å². The van der Waals surface area contributed by atoms with Gasteiger partial charge in [0.1, 0.15) is 0 Å². The topological polar surface area (TPSA) is 12.0 Å². The lowest BCUT2D eigenvalue weighted by atomic mass is 10.1. The molecule has 0 fully saturated rings. The maximum absolute atomic E-state index is 5.92. The Kier molecular flexibility index (Phi) is 2.28. The molecule has 0 aliphatic carbocycles. The van der Waals surface area contributed by atoms with Crippen LogP contribution in [0.15, 0.2) is 23.8 Å². The molecular formula is C11H12ClN. The van der Waals surface area contributed by atoms with Gasteiger partial charge in [-0.25, -0.2) is 0 Å². The predicted octanol–water partition coefficient (Wildman–Crippen LogP) is 3.56. The highest BCUT2D eigenvalue weighted by Gasteiger charge is 2.05. The molecule has 0 radical (unpaired) electrons. The summed E-state index contributed by atoms with van der Waals surface area (Å²) in [5.74, 6) is 0. The molecule has 0 aromatic heterocycles. The Morgan fingerprint density at radius 1 is 1.38 bits per heavy atom. The molecule has 0 saturated carbocycles. The normalized spacial score (nSPS) is 15.4. The van der Waals surface area contributed by atoms with Crippen LogP contribution in [0, 0.1) is 0 Å². The van der Waals surface area contributed by atoms with Crippen molar-refractivity contribution in [3.8, 4) is 0 Å². The molecule has 0 unspecified atom stereocenters. The van der Waals surface area contributed by atoms with E-state index in [0.717, 1.165) is 18.0 Å². The van der Waals surface area contributed by atoms with Crippen molar-refractivity contribution in [2.45, 2.75) is 13.3 Å². The molecule has 1 aliphatic heterocycles. The Balaban J connectivity index is 2.49. The summed E-state index contributed by atoms with van der Waals surface area (Å²) in [5.41, 5.74) is 3.78. The first kappa shape index (κ1) is 8.64. The summed E-state index contributed by atoms with van der Waals surface area (Å²) >= 11 is 5.92. The lowest BCUT2D eigenvalue weighted by molar-refractivity contribution is 1.01. The Bertz CT molecular complexity index is 355. The Morgan fingerprint density at radius 2 is 2.23 bits per heavy atom. The number of fused-ring (bicyclic) bond motifs is 1. The molecule has 0 amide bonds. The van der Waals surface area contributed by atoms with Gasteiger partial charge in [0.05, 0.1) is 0 Å². The van der Waals surface area contributed by atoms with Crippen molar-refractivity contribution in [1.82, 2.24) is 0 Å². The minimum atomic E-state index is 0.798. The Morgan fingerprint density at radius 3 is 3.08 bits per heavy atom. The molecule has 0 spiro atoms. The number of halogens is 1. The standard InChI is InChI=1S/C11H12ClN/c1-8-4-5-13-11-3-2-10(12)7-9(11)6-8/h2-3,6-7,13H,4-5H2,1H3. The van der Waals surface area contributed by atoms with Crippen molar-refractivity contribution in [1.29, 1.82) is 0 Å². The smallest absolute Gasteiger partial charge is 0.0414 e. The number of anilines is 1. The summed E-state index contributed by atoms with van der Waals surface area (Å²) in [6.07, 6.45) is 3.30. The van der Waals surface area contributed by atoms with Gasteiger partial charge in [-0.05, 0) is 37.1 Å². The highest BCUT2D eigenvalue weighted by molar-refractivity contribution is 6.30. The van der Waals surface area contributed by atoms with Gasteiger partial charge >= 0.3 is 0 Å². The van der Waals surface area contributed by atoms with Gasteiger partial charge < -0.3 is 5.32 Å². The van der Waals surface area contributed by atoms with E-state index in [2.05, 4.69) is 18.3 Å². The van der Waals surface area contributed by atoms with Crippen LogP contribution in [0.25, 0.3) is 6.08 Å². The SMILES string of the molecule is CC1=Cc2cc(Cl)ccc2NCC1. The van der Waals surface area contributed by atoms with Crippen LogP contribution in [0.2, 0.25) is 5.02 Å². The number of nitrogens with one attached hydrogen (secondary N) is 1. The van der Waals surface area contributed by atoms with Gasteiger partial charge in [0.25, 0.3) is 0 Å². The second-order valence-electron chi connectivity index (χ2n) is 3.40. The van der Waals surface area contributed by atoms with Crippen molar-refractivity contribution in [3.63, 3.8) is 0 Å². The molecule has 2 rings (SSSR count). The fraction of sp³-hybridized carbons (Fsp3) is 0.273. The average Bonchev–Trinajstić information content (AvgIpc) is 2.25. The van der Waals surface area contributed by atoms with Crippen LogP contribution < -0.4 is 5.32 Å². The molecular weight excluding hydrogens is 182 g/mol. The number of benzene rings is 1. The molecule has 68 valence electrons. The Hall–Kier alpha value is -0.950. The van der Waals surface area contributed by atoms with Gasteiger partial charge in [-0.3, -0.25) is 0 Å². The molecule has 1 aliphatic rings. The van der Waals surface area contributed by atoms with E-state index in [9.17, 15) is 0 Å². The van der Waals surface area contributed by atoms with Crippen LogP contribution in [0.5, 0.6) is 0 Å². The zero-order chi connectivity index (χ0) is 9.26. The van der Waals surface area contributed by atoms with E-state index in [-0.39, 0.29) is 0 Å². The molecule has 1 aromatic carbocycles. The highest BCUT2D eigenvalue weighted by Crippen LogP contribution is 2.25. The molecule has 1 heterocycles. The zero-order valence-electron chi connectivity index (χ0n) is 7.60. The van der Waals surface area contributed by atoms with E-state index < -0.39 is 0 Å². The highest BCUT2D eigenvalue weighted by atomic mass is 35.5. The first-order chi connectivity index (χ1) is 6.25. The number of hydrogen-bond acceptors (Lipinski definition) is 1. The lowest BCUT2D eigenvalue weighted by Crippen LogP contribution is -1.99. The minimum absolute atomic E-state index is 0.798. The van der Waals surface area contributed by atoms with Gasteiger partial charge in [0, 0.05) is 17.3 Å². The van der Waals surface area contributed by atoms with E-state index >= 15 is 0 Å². The minimum Gasteiger partial charge on any atom is -0.384 e. The maximum Gasteiger partial charge on any atom is 0.0414 e. The van der Waals surface area contributed by atoms with Crippen molar-refractivity contribution in [2.24, 2.45) is 0 Å². The zero-order valence-corrected chi connectivity index (χ0v) is 8.36. The van der Waals surface area contributed by atoms with Crippen molar-refractivity contribution in [2.75, 3.05) is 11.9 Å². The molecule has 13 heavy (non-hydrogen) atoms. The van der Waals surface area contributed by atoms with Gasteiger partial charge in [-0.15, -0.1) is 0 Å². The largest absolute Gasteiger partial charge is 0.384 e. The maximum atomic E-state index is 5.92. The Labute approximate surface area is 83.4 Å². The van der Waals surface area contributed by atoms with Gasteiger partial charge in [0.15, 0.2) is 0 Å². The van der Waals surface area contributed by atoms with E-state index in [0.29, 0.717) is 0 Å². The van der Waals surface area contributed by atoms with Crippen LogP contribution in [-0.2, 0) is 0 Å². The first-order valence-corrected chi connectivity index (χ1v) is 4.84. The van der Waals surface area contributed by atoms with Crippen LogP contribution in [0.3, 0.4) is 0 Å². The summed E-state index contributed by atoms with van der Waals surface area (Å²) in [6.45, 7) is 3.16. The van der Waals surface area contributed by atoms with Crippen LogP contribution in [0.4, 0.5) is 5.69 Å². The van der Waals surface area contributed by atoms with Crippen molar-refractivity contribution >= 4 is 23.4 Å². The monoisotopic (exact) mass is 193 g/mol. The molecule has 0 saturated heterocycles. The van der Waals surface area contributed by atoms with Gasteiger partial charge in [-0.1, -0.05) is 23.3 Å². The molecule has 1 nitrogen and oxygen atoms in total. The van der Waals surface area contributed by atoms with Gasteiger partial charge in [-0.2, -0.15) is 0 Å². The molecule has 2 heteroatoms. The second-order valence-corrected chi connectivity index (χ2v) is 3.84. The number of hydrogen-bond donors (Lipinski definition) is 1. The van der Waals surface area contributed by atoms with E-state index in [1.54, 1.807) is 0 Å². The fourth-order valence-corrected chi connectivity index (χ4v) is 1.73. The quantitative estimate of drug-likeness (QED) is 0.665. The second kappa shape index (κ2) is 3.43. The first-order valence-electron chi connectivity index (χ1n) is 4.46. The fourth-order valence-electron chi connectivity index (χ4n) is 1.55. The molecule has 0 bridgehead atoms. The van der Waals surface area contributed by atoms with E-state index in [4.69, 9.17) is 11.6 Å². The third-order valence-electron chi connectivity index (χ3n) is 2.25. The van der Waals surface area contributed by atoms with E-state index in [1.807, 2.05) is 18.2 Å². The van der Waals surface area contributed by atoms with Crippen LogP contribution in [0.1, 0.15) is 18.9 Å². The summed E-state index contributed by atoms with van der Waals surface area (Å²) < 4.78 is 0. The summed E-state index contributed by atoms with van der Waals surface area (Å²) in [5, 5.41) is 4.17. The third-order valence-corrected chi connectivity index (χ3v) is 2.49. The van der Waals surface area contributed by atoms with Gasteiger partial charge in [0.2, 0.25) is 0 Å². The van der Waals surface area contributed by atoms with E-state index in [1.165, 1.54) is 16.8 Å². The number of rotatable bonds is 0. The van der Waals surface area contributed by atoms with Crippen molar-refractivity contribution in [3.05, 3.63) is 34.4 Å². The lowest BCUT2D eigenvalue weighted by Gasteiger charge is -2.05. The van der Waals surface area contributed by atoms with Crippen LogP contribution in [-0.4, -0.2) is 6.54 Å². The third kappa shape index (κ3) is 1.86. The van der Waals surface area contributed by atoms with Crippen molar-refractivity contribution < 1.29 is 0 Å².